The van der Waals surface area contributed by atoms with Gasteiger partial charge in [-0.2, -0.15) is 0 Å². The van der Waals surface area contributed by atoms with Crippen molar-refractivity contribution in [2.75, 3.05) is 32.7 Å². The van der Waals surface area contributed by atoms with Gasteiger partial charge in [-0.05, 0) is 24.6 Å². The van der Waals surface area contributed by atoms with E-state index in [4.69, 9.17) is 0 Å². The van der Waals surface area contributed by atoms with Gasteiger partial charge >= 0.3 is 6.36 Å². The molecule has 0 saturated carbocycles. The molecule has 1 aromatic rings. The van der Waals surface area contributed by atoms with E-state index in [0.29, 0.717) is 38.3 Å². The van der Waals surface area contributed by atoms with Crippen LogP contribution in [0.2, 0.25) is 0 Å². The standard InChI is InChI=1S/C17H20F4N2O3/c1-11(24)14(10-22-5-7-23(8-6-22)12(2)25)13-3-4-16(15(18)9-13)26-17(19,20)21/h3-4,9,14H,5-8,10H2,1-2H3/t14-/m0/s1. The summed E-state index contributed by atoms with van der Waals surface area (Å²) in [5, 5.41) is 0. The Morgan fingerprint density at radius 1 is 1.15 bits per heavy atom. The smallest absolute Gasteiger partial charge is 0.403 e. The second-order valence-electron chi connectivity index (χ2n) is 6.21. The first kappa shape index (κ1) is 20.2. The summed E-state index contributed by atoms with van der Waals surface area (Å²) in [6.07, 6.45) is -4.99. The fraction of sp³-hybridized carbons (Fsp3) is 0.529. The highest BCUT2D eigenvalue weighted by Crippen LogP contribution is 2.29. The van der Waals surface area contributed by atoms with E-state index < -0.39 is 23.8 Å². The predicted octanol–water partition coefficient (Wildman–Crippen LogP) is 2.56. The summed E-state index contributed by atoms with van der Waals surface area (Å²) in [6, 6.07) is 3.04. The minimum absolute atomic E-state index is 0.0184. The maximum Gasteiger partial charge on any atom is 0.573 e. The Morgan fingerprint density at radius 2 is 1.77 bits per heavy atom. The van der Waals surface area contributed by atoms with Crippen LogP contribution in [-0.2, 0) is 9.59 Å². The molecular weight excluding hydrogens is 356 g/mol. The van der Waals surface area contributed by atoms with E-state index in [9.17, 15) is 27.2 Å². The molecule has 26 heavy (non-hydrogen) atoms. The molecule has 0 aliphatic carbocycles. The van der Waals surface area contributed by atoms with Crippen LogP contribution in [-0.4, -0.2) is 60.6 Å². The van der Waals surface area contributed by atoms with Gasteiger partial charge < -0.3 is 9.64 Å². The van der Waals surface area contributed by atoms with E-state index >= 15 is 0 Å². The molecule has 2 rings (SSSR count). The van der Waals surface area contributed by atoms with Crippen molar-refractivity contribution < 1.29 is 31.9 Å². The SMILES string of the molecule is CC(=O)[C@H](CN1CCN(C(C)=O)CC1)c1ccc(OC(F)(F)F)c(F)c1. The largest absolute Gasteiger partial charge is 0.573 e. The van der Waals surface area contributed by atoms with Crippen molar-refractivity contribution in [2.45, 2.75) is 26.1 Å². The molecule has 0 radical (unpaired) electrons. The number of amides is 1. The van der Waals surface area contributed by atoms with Gasteiger partial charge in [0.1, 0.15) is 5.78 Å². The fourth-order valence-corrected chi connectivity index (χ4v) is 2.91. The average Bonchev–Trinajstić information content (AvgIpc) is 2.53. The van der Waals surface area contributed by atoms with Crippen LogP contribution in [0.5, 0.6) is 5.75 Å². The Balaban J connectivity index is 2.09. The van der Waals surface area contributed by atoms with Crippen LogP contribution in [0.15, 0.2) is 18.2 Å². The molecule has 5 nitrogen and oxygen atoms in total. The maximum absolute atomic E-state index is 13.9. The number of rotatable bonds is 5. The highest BCUT2D eigenvalue weighted by molar-refractivity contribution is 5.83. The summed E-state index contributed by atoms with van der Waals surface area (Å²) in [4.78, 5) is 27.0. The molecule has 1 aliphatic rings. The summed E-state index contributed by atoms with van der Waals surface area (Å²) in [6.45, 7) is 5.36. The number of ether oxygens (including phenoxy) is 1. The zero-order valence-corrected chi connectivity index (χ0v) is 14.5. The lowest BCUT2D eigenvalue weighted by Gasteiger charge is -2.35. The molecular formula is C17H20F4N2O3. The number of hydrogen-bond acceptors (Lipinski definition) is 4. The summed E-state index contributed by atoms with van der Waals surface area (Å²) in [5.41, 5.74) is 0.290. The Labute approximate surface area is 148 Å². The molecule has 1 saturated heterocycles. The van der Waals surface area contributed by atoms with Gasteiger partial charge in [0.05, 0.1) is 5.92 Å². The van der Waals surface area contributed by atoms with Gasteiger partial charge in [0, 0.05) is 39.6 Å². The highest BCUT2D eigenvalue weighted by Gasteiger charge is 2.33. The third-order valence-corrected chi connectivity index (χ3v) is 4.33. The Morgan fingerprint density at radius 3 is 2.23 bits per heavy atom. The first-order valence-electron chi connectivity index (χ1n) is 8.10. The molecule has 1 heterocycles. The number of Topliss-reactive ketones (excluding diaryl/α,β-unsaturated/α-hetero) is 1. The Kier molecular flexibility index (Phi) is 6.22. The van der Waals surface area contributed by atoms with Crippen LogP contribution in [0, 0.1) is 5.82 Å². The van der Waals surface area contributed by atoms with Gasteiger partial charge in [-0.3, -0.25) is 14.5 Å². The van der Waals surface area contributed by atoms with Crippen molar-refractivity contribution in [3.63, 3.8) is 0 Å². The van der Waals surface area contributed by atoms with Crippen LogP contribution in [0.3, 0.4) is 0 Å². The molecule has 1 amide bonds. The molecule has 0 bridgehead atoms. The molecule has 0 unspecified atom stereocenters. The molecule has 0 spiro atoms. The van der Waals surface area contributed by atoms with Gasteiger partial charge in [-0.15, -0.1) is 13.2 Å². The predicted molar refractivity (Wildman–Crippen MR) is 85.2 cm³/mol. The topological polar surface area (TPSA) is 49.9 Å². The lowest BCUT2D eigenvalue weighted by Crippen LogP contribution is -2.49. The first-order chi connectivity index (χ1) is 12.1. The maximum atomic E-state index is 13.9. The highest BCUT2D eigenvalue weighted by atomic mass is 19.4. The molecule has 0 N–H and O–H groups in total. The number of alkyl halides is 3. The molecule has 144 valence electrons. The van der Waals surface area contributed by atoms with Gasteiger partial charge in [0.25, 0.3) is 0 Å². The van der Waals surface area contributed by atoms with Crippen LogP contribution < -0.4 is 4.74 Å². The molecule has 1 aromatic carbocycles. The van der Waals surface area contributed by atoms with Gasteiger partial charge in [0.2, 0.25) is 5.91 Å². The van der Waals surface area contributed by atoms with Gasteiger partial charge in [-0.1, -0.05) is 6.07 Å². The van der Waals surface area contributed by atoms with Crippen molar-refractivity contribution >= 4 is 11.7 Å². The second kappa shape index (κ2) is 8.03. The van der Waals surface area contributed by atoms with E-state index in [1.54, 1.807) is 4.90 Å². The number of halogens is 4. The van der Waals surface area contributed by atoms with Crippen LogP contribution in [0.25, 0.3) is 0 Å². The third-order valence-electron chi connectivity index (χ3n) is 4.33. The molecule has 1 atom stereocenters. The first-order valence-corrected chi connectivity index (χ1v) is 8.10. The number of carbonyl (C=O) groups is 2. The zero-order chi connectivity index (χ0) is 19.5. The van der Waals surface area contributed by atoms with E-state index in [-0.39, 0.29) is 11.7 Å². The number of benzene rings is 1. The van der Waals surface area contributed by atoms with E-state index in [1.807, 2.05) is 4.90 Å². The average molecular weight is 376 g/mol. The lowest BCUT2D eigenvalue weighted by atomic mass is 9.94. The second-order valence-corrected chi connectivity index (χ2v) is 6.21. The molecule has 9 heteroatoms. The van der Waals surface area contributed by atoms with Crippen molar-refractivity contribution in [3.8, 4) is 5.75 Å². The van der Waals surface area contributed by atoms with Crippen molar-refractivity contribution in [2.24, 2.45) is 0 Å². The van der Waals surface area contributed by atoms with E-state index in [1.165, 1.54) is 19.9 Å². The quantitative estimate of drug-likeness (QED) is 0.742. The minimum Gasteiger partial charge on any atom is -0.403 e. The summed E-state index contributed by atoms with van der Waals surface area (Å²) in [7, 11) is 0. The number of carbonyl (C=O) groups excluding carboxylic acids is 2. The Bertz CT molecular complexity index is 670. The molecule has 0 aromatic heterocycles. The van der Waals surface area contributed by atoms with E-state index in [2.05, 4.69) is 4.74 Å². The van der Waals surface area contributed by atoms with Crippen LogP contribution in [0.1, 0.15) is 25.3 Å². The van der Waals surface area contributed by atoms with Crippen molar-refractivity contribution in [3.05, 3.63) is 29.6 Å². The van der Waals surface area contributed by atoms with Crippen LogP contribution in [0.4, 0.5) is 17.6 Å². The summed E-state index contributed by atoms with van der Waals surface area (Å²) >= 11 is 0. The summed E-state index contributed by atoms with van der Waals surface area (Å²) < 4.78 is 54.2. The lowest BCUT2D eigenvalue weighted by molar-refractivity contribution is -0.275. The van der Waals surface area contributed by atoms with Gasteiger partial charge in [0.15, 0.2) is 11.6 Å². The third kappa shape index (κ3) is 5.42. The number of piperazine rings is 1. The van der Waals surface area contributed by atoms with Crippen LogP contribution >= 0.6 is 0 Å². The number of ketones is 1. The van der Waals surface area contributed by atoms with Gasteiger partial charge in [-0.25, -0.2) is 4.39 Å². The van der Waals surface area contributed by atoms with Crippen molar-refractivity contribution in [1.29, 1.82) is 0 Å². The van der Waals surface area contributed by atoms with E-state index in [0.717, 1.165) is 12.1 Å². The molecule has 1 fully saturated rings. The zero-order valence-electron chi connectivity index (χ0n) is 14.5. The minimum atomic E-state index is -4.99. The fourth-order valence-electron chi connectivity index (χ4n) is 2.91. The Hall–Kier alpha value is -2.16. The summed E-state index contributed by atoms with van der Waals surface area (Å²) in [5.74, 6) is -3.02. The molecule has 1 aliphatic heterocycles. The van der Waals surface area contributed by atoms with Crippen molar-refractivity contribution in [1.82, 2.24) is 9.80 Å². The number of hydrogen-bond donors (Lipinski definition) is 0. The normalized spacial score (nSPS) is 17.1. The monoisotopic (exact) mass is 376 g/mol. The number of nitrogens with zero attached hydrogens (tertiary/aromatic N) is 2.